The third kappa shape index (κ3) is 9.13. The minimum Gasteiger partial charge on any atom is -0.477 e. The van der Waals surface area contributed by atoms with Crippen LogP contribution in [0.2, 0.25) is 0 Å². The predicted octanol–water partition coefficient (Wildman–Crippen LogP) is 4.15. The number of hydrogen-bond donors (Lipinski definition) is 2. The number of aliphatic carboxylic acids is 1. The number of ether oxygens (including phenoxy) is 3. The van der Waals surface area contributed by atoms with Gasteiger partial charge in [0, 0.05) is 31.7 Å². The number of benzene rings is 1. The molecule has 2 N–H and O–H groups in total. The lowest BCUT2D eigenvalue weighted by molar-refractivity contribution is -0.184. The molecule has 1 aromatic carbocycles. The van der Waals surface area contributed by atoms with Crippen molar-refractivity contribution in [2.75, 3.05) is 0 Å². The molecule has 9 nitrogen and oxygen atoms in total. The first kappa shape index (κ1) is 29.1. The predicted molar refractivity (Wildman–Crippen MR) is 125 cm³/mol. The van der Waals surface area contributed by atoms with E-state index in [-0.39, 0.29) is 43.2 Å². The summed E-state index contributed by atoms with van der Waals surface area (Å²) in [6.07, 6.45) is 3.04. The fourth-order valence-corrected chi connectivity index (χ4v) is 3.07. The summed E-state index contributed by atoms with van der Waals surface area (Å²) >= 11 is 0. The summed E-state index contributed by atoms with van der Waals surface area (Å²) in [6.45, 7) is 8.93. The maximum Gasteiger partial charge on any atom is 0.364 e. The molecule has 0 aliphatic carbocycles. The lowest BCUT2D eigenvalue weighted by Crippen LogP contribution is -2.59. The van der Waals surface area contributed by atoms with Crippen LogP contribution >= 0.6 is 0 Å². The summed E-state index contributed by atoms with van der Waals surface area (Å²) in [4.78, 5) is 48.6. The fraction of sp³-hybridized carbons (Fsp3) is 0.600. The molecule has 190 valence electrons. The van der Waals surface area contributed by atoms with Gasteiger partial charge < -0.3 is 19.3 Å². The molecule has 0 aromatic heterocycles. The number of carbonyl (C=O) groups is 4. The van der Waals surface area contributed by atoms with Gasteiger partial charge in [0.2, 0.25) is 0 Å². The molecule has 1 aromatic rings. The van der Waals surface area contributed by atoms with Crippen LogP contribution < -0.4 is 14.8 Å². The van der Waals surface area contributed by atoms with Gasteiger partial charge in [-0.05, 0) is 37.5 Å². The molecule has 1 rings (SSSR count). The van der Waals surface area contributed by atoms with E-state index < -0.39 is 29.6 Å². The van der Waals surface area contributed by atoms with Crippen molar-refractivity contribution in [3.63, 3.8) is 0 Å². The Morgan fingerprint density at radius 1 is 0.941 bits per heavy atom. The zero-order valence-electron chi connectivity index (χ0n) is 20.8. The van der Waals surface area contributed by atoms with E-state index in [0.29, 0.717) is 18.4 Å². The summed E-state index contributed by atoms with van der Waals surface area (Å²) in [5.74, 6) is -2.98. The van der Waals surface area contributed by atoms with Gasteiger partial charge in [-0.25, -0.2) is 4.79 Å². The van der Waals surface area contributed by atoms with Gasteiger partial charge in [-0.1, -0.05) is 46.6 Å². The van der Waals surface area contributed by atoms with Crippen molar-refractivity contribution in [2.45, 2.75) is 97.8 Å². The Balaban J connectivity index is 3.35. The first-order valence-electron chi connectivity index (χ1n) is 11.9. The van der Waals surface area contributed by atoms with E-state index in [0.717, 1.165) is 12.8 Å². The fourth-order valence-electron chi connectivity index (χ4n) is 3.07. The van der Waals surface area contributed by atoms with Gasteiger partial charge in [0.15, 0.2) is 11.5 Å². The summed E-state index contributed by atoms with van der Waals surface area (Å²) in [6, 6.07) is 4.14. The summed E-state index contributed by atoms with van der Waals surface area (Å²) < 4.78 is 16.1. The number of nitrogens with one attached hydrogen (secondary N) is 1. The molecule has 2 atom stereocenters. The minimum absolute atomic E-state index is 0.0109. The molecule has 0 aliphatic heterocycles. The van der Waals surface area contributed by atoms with E-state index in [1.807, 2.05) is 13.8 Å². The van der Waals surface area contributed by atoms with Crippen LogP contribution in [0.5, 0.6) is 11.5 Å². The van der Waals surface area contributed by atoms with Crippen molar-refractivity contribution in [2.24, 2.45) is 0 Å². The molecule has 0 radical (unpaired) electrons. The van der Waals surface area contributed by atoms with E-state index in [1.54, 1.807) is 26.8 Å². The third-order valence-corrected chi connectivity index (χ3v) is 5.20. The highest BCUT2D eigenvalue weighted by Crippen LogP contribution is 2.31. The second kappa shape index (κ2) is 14.3. The van der Waals surface area contributed by atoms with E-state index >= 15 is 0 Å². The van der Waals surface area contributed by atoms with Gasteiger partial charge in [0.25, 0.3) is 5.72 Å². The largest absolute Gasteiger partial charge is 0.477 e. The summed E-state index contributed by atoms with van der Waals surface area (Å²) in [5, 5.41) is 13.1. The maximum absolute atomic E-state index is 12.5. The number of unbranched alkanes of at least 4 members (excludes halogenated alkanes) is 2. The van der Waals surface area contributed by atoms with Crippen LogP contribution in [0.3, 0.4) is 0 Å². The van der Waals surface area contributed by atoms with E-state index in [1.165, 1.54) is 12.1 Å². The maximum atomic E-state index is 12.5. The van der Waals surface area contributed by atoms with Gasteiger partial charge >= 0.3 is 23.9 Å². The van der Waals surface area contributed by atoms with E-state index in [9.17, 15) is 24.3 Å². The Kier molecular flexibility index (Phi) is 12.3. The second-order valence-electron chi connectivity index (χ2n) is 8.13. The Hall–Kier alpha value is -2.94. The van der Waals surface area contributed by atoms with Crippen LogP contribution in [-0.2, 0) is 30.3 Å². The molecule has 9 heteroatoms. The Labute approximate surface area is 201 Å². The molecular formula is C25H37NO8. The normalized spacial score (nSPS) is 13.4. The number of esters is 3. The van der Waals surface area contributed by atoms with Crippen LogP contribution in [0.25, 0.3) is 0 Å². The second-order valence-corrected chi connectivity index (χ2v) is 8.13. The van der Waals surface area contributed by atoms with Crippen LogP contribution in [0.1, 0.15) is 85.1 Å². The smallest absolute Gasteiger partial charge is 0.364 e. The Morgan fingerprint density at radius 3 is 2.09 bits per heavy atom. The van der Waals surface area contributed by atoms with Crippen LogP contribution in [0, 0.1) is 0 Å². The number of rotatable bonds is 15. The molecule has 0 saturated carbocycles. The number of hydrogen-bond acceptors (Lipinski definition) is 8. The SMILES string of the molecule is CCCCCC(=O)O[C@](Cc1ccc(OC(=O)CC)c(OC(=O)CC)c1)(NC(C)CC)C(=O)O. The molecule has 34 heavy (non-hydrogen) atoms. The molecule has 1 unspecified atom stereocenters. The standard InChI is InChI=1S/C25H37NO8/c1-6-10-11-12-23(29)34-25(24(30)31,26-17(5)7-2)16-18-13-14-19(32-21(27)8-3)20(15-18)33-22(28)9-4/h13-15,17,26H,6-12,16H2,1-5H3,(H,30,31)/t17?,25-/m0/s1. The van der Waals surface area contributed by atoms with Crippen molar-refractivity contribution in [1.82, 2.24) is 5.32 Å². The van der Waals surface area contributed by atoms with Crippen LogP contribution in [0.15, 0.2) is 18.2 Å². The van der Waals surface area contributed by atoms with Crippen molar-refractivity contribution in [3.8, 4) is 11.5 Å². The first-order chi connectivity index (χ1) is 16.1. The molecular weight excluding hydrogens is 442 g/mol. The number of carbonyl (C=O) groups excluding carboxylic acids is 3. The third-order valence-electron chi connectivity index (χ3n) is 5.20. The van der Waals surface area contributed by atoms with E-state index in [2.05, 4.69) is 5.32 Å². The lowest BCUT2D eigenvalue weighted by atomic mass is 10.00. The quantitative estimate of drug-likeness (QED) is 0.165. The van der Waals surface area contributed by atoms with Gasteiger partial charge in [-0.2, -0.15) is 0 Å². The van der Waals surface area contributed by atoms with Gasteiger partial charge in [0.05, 0.1) is 0 Å². The van der Waals surface area contributed by atoms with Crippen molar-refractivity contribution < 1.29 is 38.5 Å². The van der Waals surface area contributed by atoms with Crippen molar-refractivity contribution in [1.29, 1.82) is 0 Å². The number of carboxylic acids is 1. The minimum atomic E-state index is -2.02. The molecule has 0 amide bonds. The first-order valence-corrected chi connectivity index (χ1v) is 11.9. The highest BCUT2D eigenvalue weighted by Gasteiger charge is 2.44. The monoisotopic (exact) mass is 479 g/mol. The molecule has 0 heterocycles. The highest BCUT2D eigenvalue weighted by atomic mass is 16.6. The zero-order chi connectivity index (χ0) is 25.7. The Bertz CT molecular complexity index is 853. The van der Waals surface area contributed by atoms with E-state index in [4.69, 9.17) is 14.2 Å². The Morgan fingerprint density at radius 2 is 1.56 bits per heavy atom. The zero-order valence-corrected chi connectivity index (χ0v) is 20.8. The molecule has 0 aliphatic rings. The summed E-state index contributed by atoms with van der Waals surface area (Å²) in [5.41, 5.74) is -1.61. The molecule has 0 saturated heterocycles. The van der Waals surface area contributed by atoms with Crippen LogP contribution in [-0.4, -0.2) is 40.8 Å². The van der Waals surface area contributed by atoms with Gasteiger partial charge in [-0.15, -0.1) is 0 Å². The van der Waals surface area contributed by atoms with Gasteiger partial charge in [0.1, 0.15) is 0 Å². The average Bonchev–Trinajstić information content (AvgIpc) is 2.80. The molecule has 0 fully saturated rings. The van der Waals surface area contributed by atoms with Crippen molar-refractivity contribution in [3.05, 3.63) is 23.8 Å². The highest BCUT2D eigenvalue weighted by molar-refractivity contribution is 5.82. The molecule has 0 spiro atoms. The van der Waals surface area contributed by atoms with Crippen molar-refractivity contribution >= 4 is 23.9 Å². The number of carboxylic acid groups (broad SMARTS) is 1. The topological polar surface area (TPSA) is 128 Å². The molecule has 0 bridgehead atoms. The summed E-state index contributed by atoms with van der Waals surface area (Å²) in [7, 11) is 0. The van der Waals surface area contributed by atoms with Gasteiger partial charge in [-0.3, -0.25) is 19.7 Å². The average molecular weight is 480 g/mol. The lowest BCUT2D eigenvalue weighted by Gasteiger charge is -2.33. The van der Waals surface area contributed by atoms with Crippen LogP contribution in [0.4, 0.5) is 0 Å².